The Morgan fingerprint density at radius 2 is 1.17 bits per heavy atom. The van der Waals surface area contributed by atoms with Crippen molar-refractivity contribution in [1.82, 2.24) is 0 Å². The van der Waals surface area contributed by atoms with Crippen molar-refractivity contribution in [2.45, 2.75) is 0 Å². The van der Waals surface area contributed by atoms with Crippen LogP contribution in [0.2, 0.25) is 0 Å². The van der Waals surface area contributed by atoms with E-state index in [2.05, 4.69) is 7.72 Å². The fourth-order valence-electron chi connectivity index (χ4n) is 0. The third-order valence-electron chi connectivity index (χ3n) is 0. The van der Waals surface area contributed by atoms with E-state index in [1.54, 1.807) is 0 Å². The van der Waals surface area contributed by atoms with Gasteiger partial charge in [0.1, 0.15) is 0 Å². The summed E-state index contributed by atoms with van der Waals surface area (Å²) in [6.07, 6.45) is 0. The van der Waals surface area contributed by atoms with E-state index >= 15 is 0 Å². The summed E-state index contributed by atoms with van der Waals surface area (Å²) < 4.78 is 25.8. The van der Waals surface area contributed by atoms with Crippen LogP contribution in [0.1, 0.15) is 0 Å². The minimum atomic E-state index is -0.194. The fraction of sp³-hybridized carbons (Fsp3) is 0. The van der Waals surface area contributed by atoms with Gasteiger partial charge in [0, 0.05) is 0 Å². The number of halogens is 1. The van der Waals surface area contributed by atoms with E-state index in [1.165, 1.54) is 0 Å². The van der Waals surface area contributed by atoms with Gasteiger partial charge in [-0.1, -0.05) is 0 Å². The van der Waals surface area contributed by atoms with Gasteiger partial charge in [-0.2, -0.15) is 0 Å². The van der Waals surface area contributed by atoms with E-state index in [9.17, 15) is 2.51 Å². The Hall–Kier alpha value is 1.44. The topological polar surface area (TPSA) is 34.1 Å². The second-order valence-corrected chi connectivity index (χ2v) is 0. The Labute approximate surface area is 69.1 Å². The summed E-state index contributed by atoms with van der Waals surface area (Å²) in [5.41, 5.74) is 0. The first-order valence-corrected chi connectivity index (χ1v) is 3.69. The summed E-state index contributed by atoms with van der Waals surface area (Å²) in [7, 11) is 3.25. The molecule has 0 amide bonds. The van der Waals surface area contributed by atoms with Crippen LogP contribution in [-0.4, -0.2) is 59.9 Å². The van der Waals surface area contributed by atoms with Gasteiger partial charge in [-0.05, 0) is 0 Å². The molecule has 0 saturated carbocycles. The zero-order chi connectivity index (χ0) is 6.00. The van der Waals surface area contributed by atoms with Gasteiger partial charge < -0.3 is 0 Å². The van der Waals surface area contributed by atoms with Crippen molar-refractivity contribution in [2.24, 2.45) is 0 Å². The number of rotatable bonds is 0. The molecule has 0 saturated heterocycles. The number of hydrogen-bond donors (Lipinski definition) is 0. The number of hydrogen-bond acceptors (Lipinski definition) is 2. The molecule has 30 valence electrons. The molecule has 0 fully saturated rings. The van der Waals surface area contributed by atoms with E-state index in [4.69, 9.17) is 7.39 Å². The van der Waals surface area contributed by atoms with Crippen LogP contribution in [0.5, 0.6) is 0 Å². The van der Waals surface area contributed by atoms with Crippen LogP contribution in [0, 0.1) is 0 Å². The van der Waals surface area contributed by atoms with Crippen molar-refractivity contribution >= 4 is 59.9 Å². The monoisotopic (exact) mass is 478 g/mol. The van der Waals surface area contributed by atoms with Crippen LogP contribution >= 0.6 is 0 Å². The van der Waals surface area contributed by atoms with Crippen molar-refractivity contribution in [3.63, 3.8) is 0 Å². The Balaban J connectivity index is -0.0000000225. The first-order chi connectivity index (χ1) is 3.00. The van der Waals surface area contributed by atoms with Crippen LogP contribution in [0.25, 0.3) is 0 Å². The van der Waals surface area contributed by atoms with Gasteiger partial charge >= 0.3 is 69.8 Å². The summed E-state index contributed by atoms with van der Waals surface area (Å²) in [5, 5.41) is 0. The van der Waals surface area contributed by atoms with Gasteiger partial charge in [-0.3, -0.25) is 0 Å². The van der Waals surface area contributed by atoms with Gasteiger partial charge in [0.2, 0.25) is 0 Å². The SMILES string of the molecule is [B]=O.[F][Pb].[O]=[Pb]. The molecule has 6 heteroatoms. The van der Waals surface area contributed by atoms with Crippen molar-refractivity contribution < 1.29 is 9.90 Å². The average Bonchev–Trinajstić information content (AvgIpc) is 1.81. The molecule has 0 aliphatic heterocycles. The molecule has 0 aromatic rings. The van der Waals surface area contributed by atoms with E-state index in [-0.39, 0.29) is 52.2 Å². The van der Waals surface area contributed by atoms with E-state index in [0.29, 0.717) is 0 Å². The molecule has 6 heavy (non-hydrogen) atoms. The van der Waals surface area contributed by atoms with Gasteiger partial charge in [0.15, 0.2) is 0 Å². The summed E-state index contributed by atoms with van der Waals surface area (Å²) in [6, 6.07) is 0. The van der Waals surface area contributed by atoms with E-state index in [1.807, 2.05) is 0 Å². The molecular weight excluding hydrogens is 476 g/mol. The molecule has 0 heterocycles. The predicted octanol–water partition coefficient (Wildman–Crippen LogP) is -0.960. The molecule has 0 N–H and O–H groups in total. The molecule has 0 unspecified atom stereocenters. The maximum absolute atomic E-state index is 9.64. The van der Waals surface area contributed by atoms with E-state index < -0.39 is 0 Å². The third kappa shape index (κ3) is 51.8. The standard InChI is InChI=1S/BO.FH.O.2Pb/c1-2;;;;/h;1H;;;/q;;;;+1/p-1. The first kappa shape index (κ1) is 15.7. The first-order valence-electron chi connectivity index (χ1n) is 0.629. The zero-order valence-electron chi connectivity index (χ0n) is 2.77. The molecule has 0 aliphatic rings. The minimum absolute atomic E-state index is 0.0556. The molecule has 0 spiro atoms. The van der Waals surface area contributed by atoms with Crippen molar-refractivity contribution in [3.05, 3.63) is 0 Å². The molecule has 0 aromatic carbocycles. The molecule has 2 nitrogen and oxygen atoms in total. The summed E-state index contributed by atoms with van der Waals surface area (Å²) in [6.45, 7) is 0. The summed E-state index contributed by atoms with van der Waals surface area (Å²) in [4.78, 5) is 0. The average molecular weight is 476 g/mol. The molecule has 0 aliphatic carbocycles. The Morgan fingerprint density at radius 3 is 1.17 bits per heavy atom. The van der Waals surface area contributed by atoms with E-state index in [0.717, 1.165) is 0 Å². The zero-order valence-corrected chi connectivity index (χ0v) is 10.5. The van der Waals surface area contributed by atoms with Crippen molar-refractivity contribution in [2.75, 3.05) is 0 Å². The second-order valence-electron chi connectivity index (χ2n) is 0. The van der Waals surface area contributed by atoms with Crippen LogP contribution in [0.15, 0.2) is 0 Å². The van der Waals surface area contributed by atoms with Gasteiger partial charge in [0.05, 0.1) is 0 Å². The van der Waals surface area contributed by atoms with Gasteiger partial charge in [-0.15, -0.1) is 0 Å². The molecular formula is BFO2Pb2. The van der Waals surface area contributed by atoms with Gasteiger partial charge in [-0.25, -0.2) is 0 Å². The predicted molar refractivity (Wildman–Crippen MR) is 19.7 cm³/mol. The maximum atomic E-state index is 9.64. The van der Waals surface area contributed by atoms with Crippen molar-refractivity contribution in [3.8, 4) is 0 Å². The van der Waals surface area contributed by atoms with Gasteiger partial charge in [0.25, 0.3) is 0 Å². The Bertz CT molecular complexity index is 13.5. The second kappa shape index (κ2) is 92.0. The third-order valence-corrected chi connectivity index (χ3v) is 0. The summed E-state index contributed by atoms with van der Waals surface area (Å²) in [5.74, 6) is 0. The van der Waals surface area contributed by atoms with Crippen molar-refractivity contribution in [1.29, 1.82) is 0 Å². The van der Waals surface area contributed by atoms with Crippen LogP contribution in [0.3, 0.4) is 0 Å². The normalized spacial score (nSPS) is 2.17. The molecule has 0 rings (SSSR count). The van der Waals surface area contributed by atoms with Crippen LogP contribution in [0.4, 0.5) is 2.51 Å². The Kier molecular flexibility index (Phi) is 240. The van der Waals surface area contributed by atoms with Crippen LogP contribution in [-0.2, 0) is 7.39 Å². The molecule has 0 aromatic heterocycles. The quantitative estimate of drug-likeness (QED) is 0.423. The van der Waals surface area contributed by atoms with Crippen LogP contribution < -0.4 is 0 Å². The molecule has 0 atom stereocenters. The molecule has 0 bridgehead atoms. The summed E-state index contributed by atoms with van der Waals surface area (Å²) >= 11 is -0.139. The molecule has 6 radical (unpaired) electrons. The Morgan fingerprint density at radius 1 is 1.17 bits per heavy atom. The fourth-order valence-corrected chi connectivity index (χ4v) is 0.